The van der Waals surface area contributed by atoms with Gasteiger partial charge in [0.15, 0.2) is 5.69 Å². The van der Waals surface area contributed by atoms with Crippen molar-refractivity contribution < 1.29 is 19.4 Å². The summed E-state index contributed by atoms with van der Waals surface area (Å²) in [6, 6.07) is 3.48. The van der Waals surface area contributed by atoms with Gasteiger partial charge in [-0.05, 0) is 51.0 Å². The number of ether oxygens (including phenoxy) is 1. The number of rotatable bonds is 6. The minimum absolute atomic E-state index is 0.0577. The van der Waals surface area contributed by atoms with Crippen molar-refractivity contribution in [3.63, 3.8) is 0 Å². The van der Waals surface area contributed by atoms with E-state index in [0.717, 1.165) is 32.1 Å². The molecule has 3 heterocycles. The van der Waals surface area contributed by atoms with E-state index in [0.29, 0.717) is 53.8 Å². The van der Waals surface area contributed by atoms with E-state index in [1.54, 1.807) is 17.0 Å². The number of hydrogen-bond donors (Lipinski definition) is 3. The van der Waals surface area contributed by atoms with Crippen molar-refractivity contribution in [1.29, 1.82) is 0 Å². The van der Waals surface area contributed by atoms with Crippen LogP contribution in [-0.2, 0) is 4.79 Å². The third-order valence-electron chi connectivity index (χ3n) is 7.20. The molecule has 1 aliphatic carbocycles. The highest BCUT2D eigenvalue weighted by Gasteiger charge is 2.34. The monoisotopic (exact) mass is 489 g/mol. The quantitative estimate of drug-likeness (QED) is 0.573. The zero-order chi connectivity index (χ0) is 24.3. The molecule has 0 unspecified atom stereocenters. The summed E-state index contributed by atoms with van der Waals surface area (Å²) in [4.78, 5) is 31.5. The van der Waals surface area contributed by atoms with Crippen LogP contribution in [0.15, 0.2) is 18.3 Å². The smallest absolute Gasteiger partial charge is 0.274 e. The van der Waals surface area contributed by atoms with E-state index in [9.17, 15) is 14.7 Å². The minimum Gasteiger partial charge on any atom is -0.481 e. The highest BCUT2D eigenvalue weighted by atomic mass is 35.5. The Morgan fingerprint density at radius 2 is 1.97 bits per heavy atom. The van der Waals surface area contributed by atoms with Crippen molar-refractivity contribution >= 4 is 23.4 Å². The summed E-state index contributed by atoms with van der Waals surface area (Å²) in [6.45, 7) is 3.01. The molecule has 0 radical (unpaired) electrons. The van der Waals surface area contributed by atoms with Gasteiger partial charge < -0.3 is 20.1 Å². The Kier molecular flexibility index (Phi) is 7.42. The molecule has 9 nitrogen and oxygen atoms in total. The summed E-state index contributed by atoms with van der Waals surface area (Å²) < 4.78 is 5.15. The highest BCUT2D eigenvalue weighted by molar-refractivity contribution is 6.33. The predicted octanol–water partition coefficient (Wildman–Crippen LogP) is 3.19. The van der Waals surface area contributed by atoms with Crippen molar-refractivity contribution in [2.24, 2.45) is 5.92 Å². The molecular formula is C24H32ClN5O4. The lowest BCUT2D eigenvalue weighted by Gasteiger charge is -2.37. The van der Waals surface area contributed by atoms with Gasteiger partial charge in [0, 0.05) is 36.7 Å². The first-order valence-electron chi connectivity index (χ1n) is 11.9. The lowest BCUT2D eigenvalue weighted by atomic mass is 9.80. The molecule has 0 atom stereocenters. The van der Waals surface area contributed by atoms with Gasteiger partial charge in [-0.2, -0.15) is 5.10 Å². The van der Waals surface area contributed by atoms with E-state index >= 15 is 0 Å². The van der Waals surface area contributed by atoms with Gasteiger partial charge in [-0.25, -0.2) is 4.98 Å². The van der Waals surface area contributed by atoms with Gasteiger partial charge in [0.25, 0.3) is 5.91 Å². The molecule has 4 rings (SSSR count). The van der Waals surface area contributed by atoms with Crippen LogP contribution in [-0.4, -0.2) is 68.8 Å². The van der Waals surface area contributed by atoms with Crippen LogP contribution in [0, 0.1) is 5.92 Å². The van der Waals surface area contributed by atoms with Crippen molar-refractivity contribution in [3.8, 4) is 17.1 Å². The fraction of sp³-hybridized carbons (Fsp3) is 0.583. The maximum absolute atomic E-state index is 13.0. The molecular weight excluding hydrogens is 458 g/mol. The average molecular weight is 490 g/mol. The van der Waals surface area contributed by atoms with Gasteiger partial charge in [-0.15, -0.1) is 0 Å². The van der Waals surface area contributed by atoms with Crippen molar-refractivity contribution in [3.05, 3.63) is 29.0 Å². The molecule has 0 bridgehead atoms. The van der Waals surface area contributed by atoms with Gasteiger partial charge in [-0.1, -0.05) is 18.5 Å². The van der Waals surface area contributed by atoms with Crippen LogP contribution in [0.4, 0.5) is 0 Å². The lowest BCUT2D eigenvalue weighted by Crippen LogP contribution is -2.47. The Morgan fingerprint density at radius 1 is 1.26 bits per heavy atom. The number of carbonyl (C=O) groups excluding carboxylic acids is 2. The van der Waals surface area contributed by atoms with Gasteiger partial charge in [0.1, 0.15) is 0 Å². The number of amides is 2. The number of likely N-dealkylation sites (tertiary alicyclic amines) is 1. The summed E-state index contributed by atoms with van der Waals surface area (Å²) in [5, 5.41) is 21.0. The first-order valence-corrected chi connectivity index (χ1v) is 12.3. The Hall–Kier alpha value is -2.65. The van der Waals surface area contributed by atoms with Gasteiger partial charge in [0.05, 0.1) is 29.6 Å². The second-order valence-corrected chi connectivity index (χ2v) is 9.71. The van der Waals surface area contributed by atoms with Crippen molar-refractivity contribution in [1.82, 2.24) is 25.4 Å². The van der Waals surface area contributed by atoms with E-state index in [-0.39, 0.29) is 23.8 Å². The van der Waals surface area contributed by atoms with Crippen LogP contribution in [0.25, 0.3) is 11.3 Å². The number of halogens is 1. The summed E-state index contributed by atoms with van der Waals surface area (Å²) in [7, 11) is 1.52. The molecule has 2 aromatic rings. The number of carbonyl (C=O) groups is 2. The fourth-order valence-corrected chi connectivity index (χ4v) is 4.99. The average Bonchev–Trinajstić information content (AvgIpc) is 3.35. The van der Waals surface area contributed by atoms with Gasteiger partial charge in [0.2, 0.25) is 11.8 Å². The van der Waals surface area contributed by atoms with Gasteiger partial charge >= 0.3 is 0 Å². The zero-order valence-corrected chi connectivity index (χ0v) is 20.4. The van der Waals surface area contributed by atoms with Crippen LogP contribution in [0.1, 0.15) is 62.4 Å². The number of hydrogen-bond acceptors (Lipinski definition) is 6. The van der Waals surface area contributed by atoms with Crippen molar-refractivity contribution in [2.75, 3.05) is 20.2 Å². The summed E-state index contributed by atoms with van der Waals surface area (Å²) in [6.07, 6.45) is 6.55. The summed E-state index contributed by atoms with van der Waals surface area (Å²) in [5.74, 6) is 0.192. The molecule has 1 aliphatic heterocycles. The maximum Gasteiger partial charge on any atom is 0.274 e. The minimum atomic E-state index is -0.576. The largest absolute Gasteiger partial charge is 0.481 e. The number of aromatic amines is 1. The normalized spacial score (nSPS) is 23.5. The van der Waals surface area contributed by atoms with E-state index in [1.165, 1.54) is 13.3 Å². The SMILES string of the molecule is CCC1(O)CCC(NC(=O)C2CCN(C(=O)c3cc(-c4cc(OC)ncc4Cl)[nH]n3)CC2)CC1. The van der Waals surface area contributed by atoms with E-state index in [2.05, 4.69) is 20.5 Å². The number of piperidine rings is 1. The predicted molar refractivity (Wildman–Crippen MR) is 128 cm³/mol. The second-order valence-electron chi connectivity index (χ2n) is 9.30. The third kappa shape index (κ3) is 5.36. The molecule has 1 saturated heterocycles. The number of pyridine rings is 1. The molecule has 10 heteroatoms. The van der Waals surface area contributed by atoms with E-state index in [4.69, 9.17) is 16.3 Å². The molecule has 1 saturated carbocycles. The molecule has 0 aromatic carbocycles. The zero-order valence-electron chi connectivity index (χ0n) is 19.6. The van der Waals surface area contributed by atoms with Crippen LogP contribution < -0.4 is 10.1 Å². The molecule has 2 aromatic heterocycles. The molecule has 34 heavy (non-hydrogen) atoms. The number of H-pyrrole nitrogens is 1. The Balaban J connectivity index is 1.30. The number of nitrogens with one attached hydrogen (secondary N) is 2. The highest BCUT2D eigenvalue weighted by Crippen LogP contribution is 2.32. The number of nitrogens with zero attached hydrogens (tertiary/aromatic N) is 3. The van der Waals surface area contributed by atoms with E-state index < -0.39 is 5.60 Å². The summed E-state index contributed by atoms with van der Waals surface area (Å²) >= 11 is 6.25. The van der Waals surface area contributed by atoms with Crippen LogP contribution >= 0.6 is 11.6 Å². The number of methoxy groups -OCH3 is 1. The number of aromatic nitrogens is 3. The molecule has 0 spiro atoms. The topological polar surface area (TPSA) is 120 Å². The Bertz CT molecular complexity index is 1030. The summed E-state index contributed by atoms with van der Waals surface area (Å²) in [5.41, 5.74) is 0.977. The number of aliphatic hydroxyl groups is 1. The van der Waals surface area contributed by atoms with Crippen LogP contribution in [0.3, 0.4) is 0 Å². The second kappa shape index (κ2) is 10.3. The molecule has 3 N–H and O–H groups in total. The maximum atomic E-state index is 13.0. The molecule has 2 amide bonds. The molecule has 2 fully saturated rings. The Labute approximate surface area is 204 Å². The van der Waals surface area contributed by atoms with Crippen LogP contribution in [0.2, 0.25) is 5.02 Å². The van der Waals surface area contributed by atoms with Crippen LogP contribution in [0.5, 0.6) is 5.88 Å². The molecule has 2 aliphatic rings. The Morgan fingerprint density at radius 3 is 2.62 bits per heavy atom. The lowest BCUT2D eigenvalue weighted by molar-refractivity contribution is -0.127. The first kappa shape index (κ1) is 24.5. The van der Waals surface area contributed by atoms with Crippen molar-refractivity contribution in [2.45, 2.75) is 63.5 Å². The van der Waals surface area contributed by atoms with E-state index in [1.807, 2.05) is 6.92 Å². The third-order valence-corrected chi connectivity index (χ3v) is 7.50. The fourth-order valence-electron chi connectivity index (χ4n) is 4.79. The molecule has 184 valence electrons. The first-order chi connectivity index (χ1) is 16.3. The standard InChI is InChI=1S/C24H32ClN5O4/c1-3-24(33)8-4-16(5-9-24)27-22(31)15-6-10-30(11-7-15)23(32)20-13-19(28-29-20)17-12-21(34-2)26-14-18(17)25/h12-16,33H,3-11H2,1-2H3,(H,27,31)(H,28,29). The van der Waals surface area contributed by atoms with Gasteiger partial charge in [-0.3, -0.25) is 14.7 Å².